The number of hydrogen-bond donors (Lipinski definition) is 0. The van der Waals surface area contributed by atoms with E-state index in [1.165, 1.54) is 12.2 Å². The Bertz CT molecular complexity index is 66.1. The van der Waals surface area contributed by atoms with E-state index >= 15 is 0 Å². The minimum Gasteiger partial charge on any atom is -0.101 e. The van der Waals surface area contributed by atoms with Gasteiger partial charge in [-0.1, -0.05) is 12.2 Å². The lowest BCUT2D eigenvalue weighted by molar-refractivity contribution is 1.50. The summed E-state index contributed by atoms with van der Waals surface area (Å²) in [6, 6.07) is 0. The highest BCUT2D eigenvalue weighted by molar-refractivity contribution is 6.47. The summed E-state index contributed by atoms with van der Waals surface area (Å²) < 4.78 is 0. The first-order chi connectivity index (χ1) is 3.63. The Kier molecular flexibility index (Phi) is 5.28. The van der Waals surface area contributed by atoms with Crippen molar-refractivity contribution in [2.45, 2.75) is 9.67 Å². The Morgan fingerprint density at radius 1 is 0.750 bits per heavy atom. The summed E-state index contributed by atoms with van der Waals surface area (Å²) in [6.07, 6.45) is 3.02. The Hall–Kier alpha value is 0.900. The van der Waals surface area contributed by atoms with Crippen LogP contribution in [0.15, 0.2) is 12.2 Å². The van der Waals surface area contributed by atoms with Crippen LogP contribution in [-0.4, -0.2) is 9.67 Å². The molecule has 0 atom stereocenters. The van der Waals surface area contributed by atoms with Crippen molar-refractivity contribution in [3.05, 3.63) is 12.2 Å². The van der Waals surface area contributed by atoms with Gasteiger partial charge in [-0.2, -0.15) is 0 Å². The fraction of sp³-hybridized carbons (Fsp3) is 0.500. The van der Waals surface area contributed by atoms with E-state index < -0.39 is 9.67 Å². The van der Waals surface area contributed by atoms with Crippen molar-refractivity contribution in [2.24, 2.45) is 0 Å². The summed E-state index contributed by atoms with van der Waals surface area (Å²) in [7, 11) is 0. The molecule has 8 heavy (non-hydrogen) atoms. The maximum absolute atomic E-state index is 5.28. The molecule has 0 spiro atoms. The molecule has 0 saturated heterocycles. The fourth-order valence-electron chi connectivity index (χ4n) is 0.168. The summed E-state index contributed by atoms with van der Waals surface area (Å²) in [5, 5.41) is 0. The smallest absolute Gasteiger partial charge is 0.101 e. The number of halogens is 4. The maximum Gasteiger partial charge on any atom is 0.126 e. The van der Waals surface area contributed by atoms with Crippen LogP contribution in [0.4, 0.5) is 0 Å². The molecular weight excluding hydrogens is 190 g/mol. The van der Waals surface area contributed by atoms with Crippen molar-refractivity contribution in [3.63, 3.8) is 0 Å². The van der Waals surface area contributed by atoms with Crippen LogP contribution >= 0.6 is 46.4 Å². The minimum atomic E-state index is -0.519. The average molecular weight is 194 g/mol. The molecule has 0 unspecified atom stereocenters. The third kappa shape index (κ3) is 6.90. The van der Waals surface area contributed by atoms with Crippen molar-refractivity contribution < 1.29 is 0 Å². The standard InChI is InChI=1S/C4H4Cl4/c5-3(6)1-2-4(7)8/h1-4H/b2-1+. The van der Waals surface area contributed by atoms with Crippen LogP contribution in [0.25, 0.3) is 0 Å². The predicted molar refractivity (Wildman–Crippen MR) is 40.1 cm³/mol. The minimum absolute atomic E-state index is 0.519. The van der Waals surface area contributed by atoms with Gasteiger partial charge in [0, 0.05) is 0 Å². The zero-order chi connectivity index (χ0) is 6.57. The van der Waals surface area contributed by atoms with Gasteiger partial charge >= 0.3 is 0 Å². The third-order valence-corrected chi connectivity index (χ3v) is 0.984. The highest BCUT2D eigenvalue weighted by Crippen LogP contribution is 2.08. The number of allylic oxidation sites excluding steroid dienone is 2. The van der Waals surface area contributed by atoms with E-state index in [4.69, 9.17) is 46.4 Å². The molecule has 0 aliphatic rings. The number of rotatable bonds is 2. The highest BCUT2D eigenvalue weighted by atomic mass is 35.5. The van der Waals surface area contributed by atoms with Gasteiger partial charge in [-0.15, -0.1) is 46.4 Å². The van der Waals surface area contributed by atoms with Crippen LogP contribution in [0.5, 0.6) is 0 Å². The van der Waals surface area contributed by atoms with Crippen LogP contribution in [0.2, 0.25) is 0 Å². The van der Waals surface area contributed by atoms with Gasteiger partial charge in [0.15, 0.2) is 0 Å². The third-order valence-electron chi connectivity index (χ3n) is 0.402. The quantitative estimate of drug-likeness (QED) is 0.467. The molecule has 0 aromatic rings. The Morgan fingerprint density at radius 2 is 1.00 bits per heavy atom. The van der Waals surface area contributed by atoms with E-state index in [0.717, 1.165) is 0 Å². The van der Waals surface area contributed by atoms with E-state index in [1.807, 2.05) is 0 Å². The lowest BCUT2D eigenvalue weighted by Crippen LogP contribution is -1.80. The highest BCUT2D eigenvalue weighted by Gasteiger charge is 1.92. The maximum atomic E-state index is 5.28. The fourth-order valence-corrected chi connectivity index (χ4v) is 0.504. The largest absolute Gasteiger partial charge is 0.126 e. The van der Waals surface area contributed by atoms with Gasteiger partial charge in [0.2, 0.25) is 0 Å². The lowest BCUT2D eigenvalue weighted by atomic mass is 10.6. The summed E-state index contributed by atoms with van der Waals surface area (Å²) in [5.41, 5.74) is 0. The second kappa shape index (κ2) is 4.75. The summed E-state index contributed by atoms with van der Waals surface area (Å²) in [6.45, 7) is 0. The summed E-state index contributed by atoms with van der Waals surface area (Å²) >= 11 is 21.1. The zero-order valence-electron chi connectivity index (χ0n) is 3.82. The molecule has 4 heteroatoms. The first-order valence-corrected chi connectivity index (χ1v) is 3.62. The SMILES string of the molecule is ClC(Cl)/C=C/C(Cl)Cl. The van der Waals surface area contributed by atoms with E-state index in [0.29, 0.717) is 0 Å². The van der Waals surface area contributed by atoms with E-state index in [1.54, 1.807) is 0 Å². The molecule has 0 rings (SSSR count). The van der Waals surface area contributed by atoms with Crippen LogP contribution < -0.4 is 0 Å². The van der Waals surface area contributed by atoms with Crippen molar-refractivity contribution in [2.75, 3.05) is 0 Å². The first-order valence-electron chi connectivity index (χ1n) is 1.87. The van der Waals surface area contributed by atoms with E-state index in [2.05, 4.69) is 0 Å². The van der Waals surface area contributed by atoms with Gasteiger partial charge in [-0.05, 0) is 0 Å². The molecule has 0 radical (unpaired) electrons. The topological polar surface area (TPSA) is 0 Å². The van der Waals surface area contributed by atoms with Gasteiger partial charge in [0.1, 0.15) is 9.67 Å². The Balaban J connectivity index is 3.34. The Labute approximate surface area is 68.4 Å². The second-order valence-corrected chi connectivity index (χ2v) is 3.38. The molecule has 0 bridgehead atoms. The van der Waals surface area contributed by atoms with Crippen molar-refractivity contribution in [3.8, 4) is 0 Å². The van der Waals surface area contributed by atoms with Gasteiger partial charge in [-0.3, -0.25) is 0 Å². The molecule has 48 valence electrons. The Morgan fingerprint density at radius 3 is 1.12 bits per heavy atom. The molecule has 0 saturated carbocycles. The predicted octanol–water partition coefficient (Wildman–Crippen LogP) is 3.15. The van der Waals surface area contributed by atoms with Gasteiger partial charge in [0.25, 0.3) is 0 Å². The monoisotopic (exact) mass is 192 g/mol. The van der Waals surface area contributed by atoms with Crippen LogP contribution in [0.3, 0.4) is 0 Å². The zero-order valence-corrected chi connectivity index (χ0v) is 6.84. The van der Waals surface area contributed by atoms with Crippen LogP contribution in [0, 0.1) is 0 Å². The first kappa shape index (κ1) is 8.90. The molecule has 0 aliphatic heterocycles. The van der Waals surface area contributed by atoms with Gasteiger partial charge in [-0.25, -0.2) is 0 Å². The second-order valence-electron chi connectivity index (χ2n) is 1.05. The molecule has 0 amide bonds. The summed E-state index contributed by atoms with van der Waals surface area (Å²) in [5.74, 6) is 0. The molecule has 0 aromatic heterocycles. The van der Waals surface area contributed by atoms with Gasteiger partial charge in [0.05, 0.1) is 0 Å². The van der Waals surface area contributed by atoms with Crippen LogP contribution in [-0.2, 0) is 0 Å². The van der Waals surface area contributed by atoms with E-state index in [-0.39, 0.29) is 0 Å². The molecule has 0 fully saturated rings. The molecule has 0 heterocycles. The molecule has 0 nitrogen and oxygen atoms in total. The normalized spacial score (nSPS) is 12.2. The van der Waals surface area contributed by atoms with Gasteiger partial charge < -0.3 is 0 Å². The molecule has 0 N–H and O–H groups in total. The van der Waals surface area contributed by atoms with Crippen molar-refractivity contribution >= 4 is 46.4 Å². The molecular formula is C4H4Cl4. The number of hydrogen-bond acceptors (Lipinski definition) is 0. The average Bonchev–Trinajstić information content (AvgIpc) is 1.61. The lowest BCUT2D eigenvalue weighted by Gasteiger charge is -1.88. The van der Waals surface area contributed by atoms with E-state index in [9.17, 15) is 0 Å². The summed E-state index contributed by atoms with van der Waals surface area (Å²) in [4.78, 5) is -1.04. The van der Waals surface area contributed by atoms with Crippen molar-refractivity contribution in [1.82, 2.24) is 0 Å². The van der Waals surface area contributed by atoms with Crippen molar-refractivity contribution in [1.29, 1.82) is 0 Å². The number of alkyl halides is 4. The van der Waals surface area contributed by atoms with Crippen LogP contribution in [0.1, 0.15) is 0 Å². The molecule has 0 aliphatic carbocycles. The molecule has 0 aromatic carbocycles.